The number of amides is 1. The summed E-state index contributed by atoms with van der Waals surface area (Å²) in [6.45, 7) is 5.22. The molecule has 1 aromatic heterocycles. The SMILES string of the molecule is CCCCCCN(Cc1ccco1)C(C)=O. The van der Waals surface area contributed by atoms with Crippen LogP contribution in [0.5, 0.6) is 0 Å². The molecule has 1 aromatic rings. The fraction of sp³-hybridized carbons (Fsp3) is 0.615. The van der Waals surface area contributed by atoms with Gasteiger partial charge in [-0.1, -0.05) is 26.2 Å². The maximum absolute atomic E-state index is 11.4. The first kappa shape index (κ1) is 12.8. The zero-order chi connectivity index (χ0) is 11.8. The average molecular weight is 223 g/mol. The van der Waals surface area contributed by atoms with E-state index in [1.54, 1.807) is 13.2 Å². The predicted octanol–water partition coefficient (Wildman–Crippen LogP) is 3.21. The highest BCUT2D eigenvalue weighted by molar-refractivity contribution is 5.73. The van der Waals surface area contributed by atoms with Crippen molar-refractivity contribution in [1.82, 2.24) is 4.90 Å². The Labute approximate surface area is 97.4 Å². The van der Waals surface area contributed by atoms with Gasteiger partial charge in [0.15, 0.2) is 0 Å². The van der Waals surface area contributed by atoms with Crippen molar-refractivity contribution in [2.75, 3.05) is 6.54 Å². The minimum absolute atomic E-state index is 0.118. The lowest BCUT2D eigenvalue weighted by molar-refractivity contribution is -0.129. The maximum atomic E-state index is 11.4. The Morgan fingerprint density at radius 1 is 1.38 bits per heavy atom. The highest BCUT2D eigenvalue weighted by Crippen LogP contribution is 2.08. The van der Waals surface area contributed by atoms with Gasteiger partial charge in [-0.25, -0.2) is 0 Å². The molecule has 0 bridgehead atoms. The van der Waals surface area contributed by atoms with Crippen LogP contribution in [0, 0.1) is 0 Å². The van der Waals surface area contributed by atoms with E-state index >= 15 is 0 Å². The Morgan fingerprint density at radius 3 is 2.75 bits per heavy atom. The summed E-state index contributed by atoms with van der Waals surface area (Å²) in [6, 6.07) is 3.76. The van der Waals surface area contributed by atoms with Crippen molar-refractivity contribution >= 4 is 5.91 Å². The van der Waals surface area contributed by atoms with Gasteiger partial charge in [-0.15, -0.1) is 0 Å². The molecular weight excluding hydrogens is 202 g/mol. The molecule has 0 aliphatic rings. The van der Waals surface area contributed by atoms with Crippen molar-refractivity contribution < 1.29 is 9.21 Å². The summed E-state index contributed by atoms with van der Waals surface area (Å²) >= 11 is 0. The molecule has 1 rings (SSSR count). The molecule has 16 heavy (non-hydrogen) atoms. The number of furan rings is 1. The van der Waals surface area contributed by atoms with Crippen molar-refractivity contribution in [1.29, 1.82) is 0 Å². The summed E-state index contributed by atoms with van der Waals surface area (Å²) < 4.78 is 5.25. The van der Waals surface area contributed by atoms with Gasteiger partial charge in [0.2, 0.25) is 5.91 Å². The van der Waals surface area contributed by atoms with Gasteiger partial charge in [-0.05, 0) is 18.6 Å². The van der Waals surface area contributed by atoms with Crippen molar-refractivity contribution in [3.8, 4) is 0 Å². The van der Waals surface area contributed by atoms with Gasteiger partial charge in [0, 0.05) is 13.5 Å². The van der Waals surface area contributed by atoms with Crippen molar-refractivity contribution in [2.45, 2.75) is 46.1 Å². The molecule has 0 unspecified atom stereocenters. The summed E-state index contributed by atoms with van der Waals surface area (Å²) in [5, 5.41) is 0. The Balaban J connectivity index is 2.33. The van der Waals surface area contributed by atoms with Crippen molar-refractivity contribution in [3.63, 3.8) is 0 Å². The van der Waals surface area contributed by atoms with E-state index in [0.29, 0.717) is 6.54 Å². The fourth-order valence-electron chi connectivity index (χ4n) is 1.67. The number of rotatable bonds is 7. The number of unbranched alkanes of at least 4 members (excludes halogenated alkanes) is 3. The van der Waals surface area contributed by atoms with Crippen LogP contribution < -0.4 is 0 Å². The number of carbonyl (C=O) groups is 1. The van der Waals surface area contributed by atoms with Crippen molar-refractivity contribution in [2.24, 2.45) is 0 Å². The number of hydrogen-bond donors (Lipinski definition) is 0. The third-order valence-electron chi connectivity index (χ3n) is 2.65. The van der Waals surface area contributed by atoms with E-state index in [1.165, 1.54) is 19.3 Å². The van der Waals surface area contributed by atoms with Gasteiger partial charge < -0.3 is 9.32 Å². The van der Waals surface area contributed by atoms with Gasteiger partial charge in [-0.3, -0.25) is 4.79 Å². The Hall–Kier alpha value is -1.25. The third kappa shape index (κ3) is 4.51. The minimum Gasteiger partial charge on any atom is -0.467 e. The summed E-state index contributed by atoms with van der Waals surface area (Å²) in [6.07, 6.45) is 6.38. The second-order valence-corrected chi connectivity index (χ2v) is 4.08. The first-order chi connectivity index (χ1) is 7.74. The standard InChI is InChI=1S/C13H21NO2/c1-3-4-5-6-9-14(12(2)15)11-13-8-7-10-16-13/h7-8,10H,3-6,9,11H2,1-2H3. The topological polar surface area (TPSA) is 33.5 Å². The van der Waals surface area contributed by atoms with Gasteiger partial charge in [-0.2, -0.15) is 0 Å². The first-order valence-corrected chi connectivity index (χ1v) is 6.02. The van der Waals surface area contributed by atoms with Crippen LogP contribution in [0.2, 0.25) is 0 Å². The van der Waals surface area contributed by atoms with E-state index < -0.39 is 0 Å². The van der Waals surface area contributed by atoms with Crippen LogP contribution in [0.1, 0.15) is 45.3 Å². The second kappa shape index (κ2) is 7.09. The fourth-order valence-corrected chi connectivity index (χ4v) is 1.67. The molecule has 0 N–H and O–H groups in total. The van der Waals surface area contributed by atoms with E-state index in [9.17, 15) is 4.79 Å². The molecule has 0 aromatic carbocycles. The normalized spacial score (nSPS) is 10.4. The molecule has 0 aliphatic heterocycles. The van der Waals surface area contributed by atoms with E-state index in [4.69, 9.17) is 4.42 Å². The molecule has 1 amide bonds. The Morgan fingerprint density at radius 2 is 2.19 bits per heavy atom. The van der Waals surface area contributed by atoms with E-state index in [0.717, 1.165) is 18.7 Å². The Bertz CT molecular complexity index is 293. The lowest BCUT2D eigenvalue weighted by Gasteiger charge is -2.19. The largest absolute Gasteiger partial charge is 0.467 e. The van der Waals surface area contributed by atoms with Crippen LogP contribution in [-0.4, -0.2) is 17.4 Å². The first-order valence-electron chi connectivity index (χ1n) is 6.02. The van der Waals surface area contributed by atoms with Gasteiger partial charge in [0.05, 0.1) is 12.8 Å². The zero-order valence-electron chi connectivity index (χ0n) is 10.2. The quantitative estimate of drug-likeness (QED) is 0.665. The lowest BCUT2D eigenvalue weighted by Crippen LogP contribution is -2.29. The molecule has 3 nitrogen and oxygen atoms in total. The van der Waals surface area contributed by atoms with Crippen LogP contribution in [0.3, 0.4) is 0 Å². The van der Waals surface area contributed by atoms with Crippen LogP contribution in [0.25, 0.3) is 0 Å². The van der Waals surface area contributed by atoms with Crippen LogP contribution in [0.4, 0.5) is 0 Å². The molecule has 0 saturated heterocycles. The smallest absolute Gasteiger partial charge is 0.219 e. The summed E-state index contributed by atoms with van der Waals surface area (Å²) in [7, 11) is 0. The highest BCUT2D eigenvalue weighted by atomic mass is 16.3. The molecule has 0 atom stereocenters. The summed E-state index contributed by atoms with van der Waals surface area (Å²) in [5.41, 5.74) is 0. The molecule has 3 heteroatoms. The number of nitrogens with zero attached hydrogens (tertiary/aromatic N) is 1. The van der Waals surface area contributed by atoms with Gasteiger partial charge in [0.25, 0.3) is 0 Å². The number of carbonyl (C=O) groups excluding carboxylic acids is 1. The van der Waals surface area contributed by atoms with Gasteiger partial charge in [0.1, 0.15) is 5.76 Å². The average Bonchev–Trinajstić information content (AvgIpc) is 2.75. The molecule has 90 valence electrons. The molecule has 0 radical (unpaired) electrons. The second-order valence-electron chi connectivity index (χ2n) is 4.08. The predicted molar refractivity (Wildman–Crippen MR) is 63.9 cm³/mol. The molecule has 0 aliphatic carbocycles. The maximum Gasteiger partial charge on any atom is 0.219 e. The van der Waals surface area contributed by atoms with E-state index in [2.05, 4.69) is 6.92 Å². The molecular formula is C13H21NO2. The summed E-state index contributed by atoms with van der Waals surface area (Å²) in [5.74, 6) is 0.971. The zero-order valence-corrected chi connectivity index (χ0v) is 10.2. The van der Waals surface area contributed by atoms with Gasteiger partial charge >= 0.3 is 0 Å². The monoisotopic (exact) mass is 223 g/mol. The van der Waals surface area contributed by atoms with E-state index in [1.807, 2.05) is 17.0 Å². The molecule has 0 spiro atoms. The third-order valence-corrected chi connectivity index (χ3v) is 2.65. The van der Waals surface area contributed by atoms with Crippen molar-refractivity contribution in [3.05, 3.63) is 24.2 Å². The number of hydrogen-bond acceptors (Lipinski definition) is 2. The summed E-state index contributed by atoms with van der Waals surface area (Å²) in [4.78, 5) is 13.3. The molecule has 0 saturated carbocycles. The van der Waals surface area contributed by atoms with Crippen LogP contribution >= 0.6 is 0 Å². The van der Waals surface area contributed by atoms with E-state index in [-0.39, 0.29) is 5.91 Å². The van der Waals surface area contributed by atoms with Crippen LogP contribution in [-0.2, 0) is 11.3 Å². The molecule has 0 fully saturated rings. The van der Waals surface area contributed by atoms with Crippen LogP contribution in [0.15, 0.2) is 22.8 Å². The lowest BCUT2D eigenvalue weighted by atomic mass is 10.2. The Kier molecular flexibility index (Phi) is 5.68. The minimum atomic E-state index is 0.118. The highest BCUT2D eigenvalue weighted by Gasteiger charge is 2.10. The molecule has 1 heterocycles.